The molecule has 1 aliphatic heterocycles. The Kier molecular flexibility index (Phi) is 8.74. The first kappa shape index (κ1) is 23.4. The van der Waals surface area contributed by atoms with Gasteiger partial charge in [0.15, 0.2) is 5.13 Å². The minimum absolute atomic E-state index is 0. The average molecular weight is 435 g/mol. The highest BCUT2D eigenvalue weighted by Gasteiger charge is 2.28. The molecule has 0 spiro atoms. The lowest BCUT2D eigenvalue weighted by atomic mass is 10.1. The van der Waals surface area contributed by atoms with Crippen LogP contribution in [-0.2, 0) is 11.2 Å². The lowest BCUT2D eigenvalue weighted by Crippen LogP contribution is -2.57. The van der Waals surface area contributed by atoms with E-state index in [2.05, 4.69) is 29.5 Å². The molecule has 0 aliphatic carbocycles. The highest BCUT2D eigenvalue weighted by molar-refractivity contribution is 7.14. The molecule has 1 saturated heterocycles. The van der Waals surface area contributed by atoms with Crippen molar-refractivity contribution in [1.29, 1.82) is 0 Å². The van der Waals surface area contributed by atoms with Crippen molar-refractivity contribution in [3.05, 3.63) is 34.7 Å². The Labute approximate surface area is 174 Å². The van der Waals surface area contributed by atoms with Gasteiger partial charge in [0.25, 0.3) is 5.91 Å². The van der Waals surface area contributed by atoms with Crippen molar-refractivity contribution in [3.63, 3.8) is 0 Å². The molecule has 7 nitrogen and oxygen atoms in total. The van der Waals surface area contributed by atoms with Crippen LogP contribution in [0.4, 0.5) is 5.13 Å². The Morgan fingerprint density at radius 2 is 2.15 bits per heavy atom. The molecule has 0 bridgehead atoms. The molecule has 150 valence electrons. The first-order valence-corrected chi connectivity index (χ1v) is 9.16. The van der Waals surface area contributed by atoms with E-state index >= 15 is 0 Å². The van der Waals surface area contributed by atoms with E-state index in [1.54, 1.807) is 13.0 Å². The van der Waals surface area contributed by atoms with Crippen molar-refractivity contribution in [2.75, 3.05) is 18.4 Å². The fourth-order valence-electron chi connectivity index (χ4n) is 2.90. The zero-order valence-corrected chi connectivity index (χ0v) is 17.8. The summed E-state index contributed by atoms with van der Waals surface area (Å²) in [5.41, 5.74) is 1.16. The minimum atomic E-state index is -0.261. The molecule has 2 N–H and O–H groups in total. The molecule has 1 aliphatic rings. The van der Waals surface area contributed by atoms with Crippen LogP contribution in [0, 0.1) is 6.92 Å². The SMILES string of the molecule is Cc1occc1C(=O)Nc1nc(CC(=O)N2CCNC(C)C2C)cs1.Cl.Cl. The highest BCUT2D eigenvalue weighted by Crippen LogP contribution is 2.19. The molecule has 27 heavy (non-hydrogen) atoms. The predicted molar refractivity (Wildman–Crippen MR) is 110 cm³/mol. The molecule has 0 saturated carbocycles. The fourth-order valence-corrected chi connectivity index (χ4v) is 3.60. The summed E-state index contributed by atoms with van der Waals surface area (Å²) >= 11 is 1.31. The number of anilines is 1. The van der Waals surface area contributed by atoms with Gasteiger partial charge in [-0.1, -0.05) is 0 Å². The van der Waals surface area contributed by atoms with Crippen LogP contribution < -0.4 is 10.6 Å². The van der Waals surface area contributed by atoms with Crippen LogP contribution in [0.15, 0.2) is 22.1 Å². The van der Waals surface area contributed by atoms with E-state index in [1.165, 1.54) is 17.6 Å². The van der Waals surface area contributed by atoms with Crippen LogP contribution in [0.5, 0.6) is 0 Å². The van der Waals surface area contributed by atoms with Gasteiger partial charge in [-0.2, -0.15) is 0 Å². The zero-order valence-electron chi connectivity index (χ0n) is 15.4. The first-order chi connectivity index (χ1) is 12.0. The van der Waals surface area contributed by atoms with Gasteiger partial charge < -0.3 is 14.6 Å². The summed E-state index contributed by atoms with van der Waals surface area (Å²) in [6, 6.07) is 2.06. The highest BCUT2D eigenvalue weighted by atomic mass is 35.5. The molecular formula is C17H24Cl2N4O3S. The van der Waals surface area contributed by atoms with Crippen molar-refractivity contribution in [2.24, 2.45) is 0 Å². The summed E-state index contributed by atoms with van der Waals surface area (Å²) < 4.78 is 5.13. The fraction of sp³-hybridized carbons (Fsp3) is 0.471. The second-order valence-corrected chi connectivity index (χ2v) is 7.09. The van der Waals surface area contributed by atoms with Crippen LogP contribution in [0.1, 0.15) is 35.7 Å². The maximum absolute atomic E-state index is 12.5. The van der Waals surface area contributed by atoms with Gasteiger partial charge in [0, 0.05) is 30.6 Å². The van der Waals surface area contributed by atoms with Gasteiger partial charge >= 0.3 is 0 Å². The number of carbonyl (C=O) groups is 2. The van der Waals surface area contributed by atoms with Gasteiger partial charge in [0.2, 0.25) is 5.91 Å². The number of thiazole rings is 1. The largest absolute Gasteiger partial charge is 0.469 e. The Morgan fingerprint density at radius 3 is 2.81 bits per heavy atom. The molecular weight excluding hydrogens is 411 g/mol. The molecule has 0 radical (unpaired) electrons. The lowest BCUT2D eigenvalue weighted by molar-refractivity contribution is -0.134. The molecule has 3 rings (SSSR count). The van der Waals surface area contributed by atoms with Gasteiger partial charge in [-0.15, -0.1) is 36.2 Å². The summed E-state index contributed by atoms with van der Waals surface area (Å²) in [6.07, 6.45) is 1.72. The summed E-state index contributed by atoms with van der Waals surface area (Å²) in [6.45, 7) is 7.38. The van der Waals surface area contributed by atoms with Crippen LogP contribution in [0.2, 0.25) is 0 Å². The molecule has 2 amide bonds. The molecule has 10 heteroatoms. The third-order valence-electron chi connectivity index (χ3n) is 4.56. The topological polar surface area (TPSA) is 87.5 Å². The third-order valence-corrected chi connectivity index (χ3v) is 5.37. The van der Waals surface area contributed by atoms with Crippen LogP contribution >= 0.6 is 36.2 Å². The van der Waals surface area contributed by atoms with Crippen LogP contribution in [0.25, 0.3) is 0 Å². The number of halogens is 2. The number of piperazine rings is 1. The van der Waals surface area contributed by atoms with E-state index in [4.69, 9.17) is 4.42 Å². The molecule has 1 fully saturated rings. The third kappa shape index (κ3) is 5.44. The molecule has 2 aromatic heterocycles. The number of nitrogens with one attached hydrogen (secondary N) is 2. The zero-order chi connectivity index (χ0) is 18.0. The smallest absolute Gasteiger partial charge is 0.260 e. The van der Waals surface area contributed by atoms with Crippen molar-refractivity contribution < 1.29 is 14.0 Å². The van der Waals surface area contributed by atoms with Gasteiger partial charge in [0.1, 0.15) is 5.76 Å². The number of aromatic nitrogens is 1. The average Bonchev–Trinajstić information content (AvgIpc) is 3.18. The van der Waals surface area contributed by atoms with Crippen LogP contribution in [0.3, 0.4) is 0 Å². The van der Waals surface area contributed by atoms with Crippen molar-refractivity contribution in [3.8, 4) is 0 Å². The second kappa shape index (κ2) is 10.1. The maximum Gasteiger partial charge on any atom is 0.260 e. The number of hydrogen-bond acceptors (Lipinski definition) is 6. The Balaban J connectivity index is 0.00000182. The Bertz CT molecular complexity index is 780. The minimum Gasteiger partial charge on any atom is -0.469 e. The van der Waals surface area contributed by atoms with Gasteiger partial charge in [-0.05, 0) is 26.8 Å². The normalized spacial score (nSPS) is 19.0. The predicted octanol–water partition coefficient (Wildman–Crippen LogP) is 2.89. The summed E-state index contributed by atoms with van der Waals surface area (Å²) in [4.78, 5) is 31.0. The van der Waals surface area contributed by atoms with Gasteiger partial charge in [-0.3, -0.25) is 14.9 Å². The second-order valence-electron chi connectivity index (χ2n) is 6.24. The summed E-state index contributed by atoms with van der Waals surface area (Å²) in [7, 11) is 0. The van der Waals surface area contributed by atoms with Crippen molar-refractivity contribution in [2.45, 2.75) is 39.3 Å². The number of carbonyl (C=O) groups excluding carboxylic acids is 2. The lowest BCUT2D eigenvalue weighted by Gasteiger charge is -2.38. The summed E-state index contributed by atoms with van der Waals surface area (Å²) in [5, 5.41) is 8.40. The molecule has 2 unspecified atom stereocenters. The number of rotatable bonds is 4. The summed E-state index contributed by atoms with van der Waals surface area (Å²) in [5.74, 6) is 0.365. The van der Waals surface area contributed by atoms with Crippen molar-refractivity contribution in [1.82, 2.24) is 15.2 Å². The Morgan fingerprint density at radius 1 is 1.41 bits per heavy atom. The standard InChI is InChI=1S/C17H22N4O3S.2ClH/c1-10-11(2)21(6-5-18-10)15(22)8-13-9-25-17(19-13)20-16(23)14-4-7-24-12(14)3;;/h4,7,9-11,18H,5-6,8H2,1-3H3,(H,19,20,23);2*1H. The molecule has 2 atom stereocenters. The van der Waals surface area contributed by atoms with E-state index < -0.39 is 0 Å². The van der Waals surface area contributed by atoms with E-state index in [-0.39, 0.29) is 55.1 Å². The molecule has 0 aromatic carbocycles. The number of aryl methyl sites for hydroxylation is 1. The van der Waals surface area contributed by atoms with Gasteiger partial charge in [0.05, 0.1) is 23.9 Å². The number of nitrogens with zero attached hydrogens (tertiary/aromatic N) is 2. The van der Waals surface area contributed by atoms with Gasteiger partial charge in [-0.25, -0.2) is 4.98 Å². The van der Waals surface area contributed by atoms with Crippen LogP contribution in [-0.4, -0.2) is 46.9 Å². The Hall–Kier alpha value is -1.61. The maximum atomic E-state index is 12.5. The number of amides is 2. The number of furan rings is 1. The number of hydrogen-bond donors (Lipinski definition) is 2. The van der Waals surface area contributed by atoms with Crippen molar-refractivity contribution >= 4 is 53.1 Å². The molecule has 2 aromatic rings. The first-order valence-electron chi connectivity index (χ1n) is 8.28. The quantitative estimate of drug-likeness (QED) is 0.771. The monoisotopic (exact) mass is 434 g/mol. The van der Waals surface area contributed by atoms with E-state index in [0.29, 0.717) is 28.7 Å². The van der Waals surface area contributed by atoms with E-state index in [9.17, 15) is 9.59 Å². The van der Waals surface area contributed by atoms with E-state index in [1.807, 2.05) is 10.3 Å². The van der Waals surface area contributed by atoms with E-state index in [0.717, 1.165) is 6.54 Å². The molecule has 3 heterocycles.